The molecule has 2 aliphatic rings. The fourth-order valence-electron chi connectivity index (χ4n) is 3.74. The van der Waals surface area contributed by atoms with Crippen molar-refractivity contribution in [1.82, 2.24) is 20.5 Å². The lowest BCUT2D eigenvalue weighted by Crippen LogP contribution is -2.45. The van der Waals surface area contributed by atoms with Gasteiger partial charge in [0.15, 0.2) is 0 Å². The highest BCUT2D eigenvalue weighted by Gasteiger charge is 2.15. The van der Waals surface area contributed by atoms with Gasteiger partial charge in [0.2, 0.25) is 0 Å². The molecular formula is C22H30Cl2N4O2. The predicted molar refractivity (Wildman–Crippen MR) is 124 cm³/mol. The number of morpholine rings is 1. The fourth-order valence-corrected chi connectivity index (χ4v) is 3.74. The summed E-state index contributed by atoms with van der Waals surface area (Å²) in [6.07, 6.45) is 4.61. The maximum atomic E-state index is 12.3. The molecule has 0 bridgehead atoms. The van der Waals surface area contributed by atoms with Crippen LogP contribution in [0.1, 0.15) is 28.8 Å². The monoisotopic (exact) mass is 452 g/mol. The quantitative estimate of drug-likeness (QED) is 0.704. The zero-order valence-corrected chi connectivity index (χ0v) is 18.6. The van der Waals surface area contributed by atoms with E-state index in [2.05, 4.69) is 32.7 Å². The molecule has 0 saturated carbocycles. The Morgan fingerprint density at radius 1 is 1.13 bits per heavy atom. The Hall–Kier alpha value is -1.70. The van der Waals surface area contributed by atoms with E-state index in [-0.39, 0.29) is 36.8 Å². The van der Waals surface area contributed by atoms with Gasteiger partial charge in [-0.05, 0) is 49.7 Å². The standard InChI is InChI=1S/C22H28N4O2.2ClH/c27-22(25-15-20-14-23-9-12-28-20)19-6-4-18(5-7-19)21-8-3-17(13-24-21)16-26-10-1-2-11-26;;/h3-8,13,20,23H,1-2,9-12,14-16H2,(H,25,27);2*1H. The molecule has 6 nitrogen and oxygen atoms in total. The second-order valence-corrected chi connectivity index (χ2v) is 7.52. The molecule has 2 saturated heterocycles. The number of pyridine rings is 1. The maximum absolute atomic E-state index is 12.3. The third-order valence-corrected chi connectivity index (χ3v) is 5.37. The molecule has 164 valence electrons. The van der Waals surface area contributed by atoms with E-state index in [1.54, 1.807) is 0 Å². The van der Waals surface area contributed by atoms with Crippen LogP contribution in [0.5, 0.6) is 0 Å². The zero-order chi connectivity index (χ0) is 19.2. The summed E-state index contributed by atoms with van der Waals surface area (Å²) in [4.78, 5) is 19.4. The van der Waals surface area contributed by atoms with Gasteiger partial charge in [0.1, 0.15) is 0 Å². The lowest BCUT2D eigenvalue weighted by molar-refractivity contribution is 0.0287. The van der Waals surface area contributed by atoms with Crippen molar-refractivity contribution in [2.24, 2.45) is 0 Å². The van der Waals surface area contributed by atoms with Crippen LogP contribution in [-0.2, 0) is 11.3 Å². The van der Waals surface area contributed by atoms with Crippen molar-refractivity contribution in [3.05, 3.63) is 53.7 Å². The zero-order valence-electron chi connectivity index (χ0n) is 17.0. The molecule has 4 rings (SSSR count). The van der Waals surface area contributed by atoms with Gasteiger partial charge in [-0.25, -0.2) is 0 Å². The van der Waals surface area contributed by atoms with E-state index >= 15 is 0 Å². The third kappa shape index (κ3) is 6.65. The van der Waals surface area contributed by atoms with E-state index in [1.807, 2.05) is 30.5 Å². The van der Waals surface area contributed by atoms with Crippen LogP contribution in [0.25, 0.3) is 11.3 Å². The van der Waals surface area contributed by atoms with E-state index in [4.69, 9.17) is 4.74 Å². The first-order valence-corrected chi connectivity index (χ1v) is 10.2. The minimum atomic E-state index is -0.0744. The Kier molecular flexibility index (Phi) is 10.0. The molecule has 1 amide bonds. The highest BCUT2D eigenvalue weighted by atomic mass is 35.5. The average molecular weight is 453 g/mol. The summed E-state index contributed by atoms with van der Waals surface area (Å²) in [6, 6.07) is 11.8. The van der Waals surface area contributed by atoms with Crippen LogP contribution in [0.15, 0.2) is 42.6 Å². The van der Waals surface area contributed by atoms with Gasteiger partial charge in [0, 0.05) is 43.5 Å². The molecule has 0 aliphatic carbocycles. The number of amides is 1. The highest BCUT2D eigenvalue weighted by molar-refractivity contribution is 5.94. The third-order valence-electron chi connectivity index (χ3n) is 5.37. The minimum absolute atomic E-state index is 0. The molecule has 0 radical (unpaired) electrons. The lowest BCUT2D eigenvalue weighted by Gasteiger charge is -2.23. The molecule has 2 aromatic rings. The topological polar surface area (TPSA) is 66.5 Å². The van der Waals surface area contributed by atoms with Gasteiger partial charge in [0.05, 0.1) is 18.4 Å². The number of carbonyl (C=O) groups excluding carboxylic acids is 1. The Morgan fingerprint density at radius 2 is 1.90 bits per heavy atom. The normalized spacial score (nSPS) is 18.9. The number of halogens is 2. The number of likely N-dealkylation sites (tertiary alicyclic amines) is 1. The van der Waals surface area contributed by atoms with Gasteiger partial charge >= 0.3 is 0 Å². The molecule has 2 N–H and O–H groups in total. The first-order valence-electron chi connectivity index (χ1n) is 10.2. The highest BCUT2D eigenvalue weighted by Crippen LogP contribution is 2.19. The number of hydrogen-bond donors (Lipinski definition) is 2. The van der Waals surface area contributed by atoms with Crippen molar-refractivity contribution in [2.75, 3.05) is 39.3 Å². The molecule has 2 aliphatic heterocycles. The number of aromatic nitrogens is 1. The fraction of sp³-hybridized carbons (Fsp3) is 0.455. The number of hydrogen-bond acceptors (Lipinski definition) is 5. The summed E-state index contributed by atoms with van der Waals surface area (Å²) in [5, 5.41) is 6.21. The van der Waals surface area contributed by atoms with Crippen molar-refractivity contribution in [3.63, 3.8) is 0 Å². The van der Waals surface area contributed by atoms with Crippen LogP contribution < -0.4 is 10.6 Å². The summed E-state index contributed by atoms with van der Waals surface area (Å²) in [7, 11) is 0. The van der Waals surface area contributed by atoms with Gasteiger partial charge < -0.3 is 15.4 Å². The first-order chi connectivity index (χ1) is 13.8. The molecule has 1 aromatic carbocycles. The maximum Gasteiger partial charge on any atom is 0.251 e. The Labute approximate surface area is 190 Å². The molecule has 8 heteroatoms. The molecule has 1 atom stereocenters. The number of nitrogens with one attached hydrogen (secondary N) is 2. The molecular weight excluding hydrogens is 423 g/mol. The number of nitrogens with zero attached hydrogens (tertiary/aromatic N) is 2. The molecule has 3 heterocycles. The molecule has 1 unspecified atom stereocenters. The summed E-state index contributed by atoms with van der Waals surface area (Å²) in [6.45, 7) is 6.22. The second-order valence-electron chi connectivity index (χ2n) is 7.52. The molecule has 2 fully saturated rings. The first kappa shape index (κ1) is 24.6. The average Bonchev–Trinajstić information content (AvgIpc) is 3.26. The SMILES string of the molecule is Cl.Cl.O=C(NCC1CNCCO1)c1ccc(-c2ccc(CN3CCCC3)cn2)cc1. The lowest BCUT2D eigenvalue weighted by atomic mass is 10.1. The Morgan fingerprint density at radius 3 is 2.53 bits per heavy atom. The van der Waals surface area contributed by atoms with Gasteiger partial charge in [-0.2, -0.15) is 0 Å². The number of carbonyl (C=O) groups is 1. The van der Waals surface area contributed by atoms with Crippen molar-refractivity contribution in [2.45, 2.75) is 25.5 Å². The second kappa shape index (κ2) is 12.2. The van der Waals surface area contributed by atoms with Crippen LogP contribution in [0.3, 0.4) is 0 Å². The van der Waals surface area contributed by atoms with Gasteiger partial charge in [-0.3, -0.25) is 14.7 Å². The van der Waals surface area contributed by atoms with E-state index in [0.717, 1.165) is 30.9 Å². The van der Waals surface area contributed by atoms with E-state index in [9.17, 15) is 4.79 Å². The van der Waals surface area contributed by atoms with Gasteiger partial charge in [0.25, 0.3) is 5.91 Å². The summed E-state index contributed by atoms with van der Waals surface area (Å²) in [5.41, 5.74) is 3.85. The number of rotatable bonds is 6. The van der Waals surface area contributed by atoms with Crippen molar-refractivity contribution >= 4 is 30.7 Å². The summed E-state index contributed by atoms with van der Waals surface area (Å²) >= 11 is 0. The molecule has 30 heavy (non-hydrogen) atoms. The minimum Gasteiger partial charge on any atom is -0.374 e. The van der Waals surface area contributed by atoms with Crippen LogP contribution in [0, 0.1) is 0 Å². The van der Waals surface area contributed by atoms with E-state index in [1.165, 1.54) is 31.5 Å². The van der Waals surface area contributed by atoms with Crippen molar-refractivity contribution < 1.29 is 9.53 Å². The van der Waals surface area contributed by atoms with Crippen LogP contribution in [0.4, 0.5) is 0 Å². The smallest absolute Gasteiger partial charge is 0.251 e. The molecule has 0 spiro atoms. The van der Waals surface area contributed by atoms with E-state index in [0.29, 0.717) is 18.7 Å². The van der Waals surface area contributed by atoms with Gasteiger partial charge in [-0.1, -0.05) is 18.2 Å². The number of benzene rings is 1. The predicted octanol–water partition coefficient (Wildman–Crippen LogP) is 2.91. The van der Waals surface area contributed by atoms with Gasteiger partial charge in [-0.15, -0.1) is 24.8 Å². The van der Waals surface area contributed by atoms with E-state index < -0.39 is 0 Å². The van der Waals surface area contributed by atoms with Crippen molar-refractivity contribution in [1.29, 1.82) is 0 Å². The Balaban J connectivity index is 0.00000160. The number of ether oxygens (including phenoxy) is 1. The molecule has 1 aromatic heterocycles. The summed E-state index contributed by atoms with van der Waals surface area (Å²) in [5.74, 6) is -0.0744. The van der Waals surface area contributed by atoms with Crippen LogP contribution >= 0.6 is 24.8 Å². The van der Waals surface area contributed by atoms with Crippen LogP contribution in [0.2, 0.25) is 0 Å². The summed E-state index contributed by atoms with van der Waals surface area (Å²) < 4.78 is 5.60. The largest absolute Gasteiger partial charge is 0.374 e. The van der Waals surface area contributed by atoms with Crippen molar-refractivity contribution in [3.8, 4) is 11.3 Å². The Bertz CT molecular complexity index is 775. The van der Waals surface area contributed by atoms with Crippen LogP contribution in [-0.4, -0.2) is 61.2 Å².